The molecule has 2 heterocycles. The smallest absolute Gasteiger partial charge is 0.267 e. The van der Waals surface area contributed by atoms with E-state index in [0.29, 0.717) is 5.69 Å². The summed E-state index contributed by atoms with van der Waals surface area (Å²) in [6.45, 7) is 1.89. The highest BCUT2D eigenvalue weighted by molar-refractivity contribution is 7.90. The number of aryl methyl sites for hydroxylation is 1. The molecule has 0 saturated heterocycles. The number of hydrogen-bond donors (Lipinski definition) is 2. The van der Waals surface area contributed by atoms with Crippen LogP contribution >= 0.6 is 0 Å². The number of nitrogens with one attached hydrogen (secondary N) is 2. The highest BCUT2D eigenvalue weighted by Gasteiger charge is 2.19. The fourth-order valence-corrected chi connectivity index (χ4v) is 4.11. The molecule has 2 N–H and O–H groups in total. The minimum absolute atomic E-state index is 0.163. The van der Waals surface area contributed by atoms with E-state index in [2.05, 4.69) is 10.3 Å². The van der Waals surface area contributed by atoms with Gasteiger partial charge in [-0.05, 0) is 48.9 Å². The molecule has 0 unspecified atom stereocenters. The van der Waals surface area contributed by atoms with Crippen molar-refractivity contribution in [2.75, 3.05) is 5.32 Å². The van der Waals surface area contributed by atoms with Gasteiger partial charge in [0.05, 0.1) is 10.5 Å². The van der Waals surface area contributed by atoms with Crippen molar-refractivity contribution < 1.29 is 13.2 Å². The van der Waals surface area contributed by atoms with Gasteiger partial charge in [-0.2, -0.15) is 0 Å². The fourth-order valence-electron chi connectivity index (χ4n) is 2.88. The average molecular weight is 379 g/mol. The van der Waals surface area contributed by atoms with Gasteiger partial charge in [-0.1, -0.05) is 18.2 Å². The lowest BCUT2D eigenvalue weighted by Crippen LogP contribution is -2.14. The SMILES string of the molecule is Cc1ccccc1NC(=O)c1ccn(S(=O)(=O)c2ccc3[nH]ccc3c2)c1. The van der Waals surface area contributed by atoms with Crippen LogP contribution in [-0.4, -0.2) is 23.3 Å². The molecular weight excluding hydrogens is 362 g/mol. The van der Waals surface area contributed by atoms with E-state index in [4.69, 9.17) is 0 Å². The van der Waals surface area contributed by atoms with Crippen LogP contribution < -0.4 is 5.32 Å². The molecule has 0 atom stereocenters. The number of carbonyl (C=O) groups excluding carboxylic acids is 1. The molecule has 0 aliphatic carbocycles. The van der Waals surface area contributed by atoms with Gasteiger partial charge in [-0.15, -0.1) is 0 Å². The zero-order valence-electron chi connectivity index (χ0n) is 14.5. The van der Waals surface area contributed by atoms with Crippen molar-refractivity contribution in [2.45, 2.75) is 11.8 Å². The van der Waals surface area contributed by atoms with Crippen LogP contribution in [0.5, 0.6) is 0 Å². The van der Waals surface area contributed by atoms with Gasteiger partial charge < -0.3 is 10.3 Å². The Labute approximate surface area is 156 Å². The third kappa shape index (κ3) is 3.13. The number of aromatic nitrogens is 2. The van der Waals surface area contributed by atoms with Gasteiger partial charge in [0.2, 0.25) is 0 Å². The molecule has 0 bridgehead atoms. The summed E-state index contributed by atoms with van der Waals surface area (Å²) in [5.41, 5.74) is 2.75. The van der Waals surface area contributed by atoms with Crippen LogP contribution in [0.25, 0.3) is 10.9 Å². The van der Waals surface area contributed by atoms with Crippen molar-refractivity contribution >= 4 is 32.5 Å². The maximum atomic E-state index is 12.9. The summed E-state index contributed by atoms with van der Waals surface area (Å²) in [4.78, 5) is 15.7. The second-order valence-electron chi connectivity index (χ2n) is 6.23. The summed E-state index contributed by atoms with van der Waals surface area (Å²) in [5, 5.41) is 3.61. The zero-order chi connectivity index (χ0) is 19.0. The van der Waals surface area contributed by atoms with Crippen LogP contribution in [0.1, 0.15) is 15.9 Å². The Balaban J connectivity index is 1.63. The summed E-state index contributed by atoms with van der Waals surface area (Å²) >= 11 is 0. The lowest BCUT2D eigenvalue weighted by Gasteiger charge is -2.07. The van der Waals surface area contributed by atoms with Crippen LogP contribution in [0, 0.1) is 6.92 Å². The Morgan fingerprint density at radius 1 is 1.07 bits per heavy atom. The monoisotopic (exact) mass is 379 g/mol. The zero-order valence-corrected chi connectivity index (χ0v) is 15.3. The molecule has 0 aliphatic rings. The Bertz CT molecular complexity index is 1250. The number of aromatic amines is 1. The van der Waals surface area contributed by atoms with Gasteiger partial charge in [-0.3, -0.25) is 4.79 Å². The predicted molar refractivity (Wildman–Crippen MR) is 104 cm³/mol. The first-order chi connectivity index (χ1) is 12.9. The van der Waals surface area contributed by atoms with Crippen LogP contribution in [0.2, 0.25) is 0 Å². The van der Waals surface area contributed by atoms with E-state index in [1.807, 2.05) is 31.2 Å². The second-order valence-corrected chi connectivity index (χ2v) is 8.07. The minimum Gasteiger partial charge on any atom is -0.361 e. The lowest BCUT2D eigenvalue weighted by molar-refractivity contribution is 0.102. The number of H-pyrrole nitrogens is 1. The highest BCUT2D eigenvalue weighted by Crippen LogP contribution is 2.21. The molecule has 136 valence electrons. The van der Waals surface area contributed by atoms with Crippen molar-refractivity contribution in [2.24, 2.45) is 0 Å². The Morgan fingerprint density at radius 3 is 2.70 bits per heavy atom. The van der Waals surface area contributed by atoms with E-state index in [-0.39, 0.29) is 16.4 Å². The van der Waals surface area contributed by atoms with Crippen molar-refractivity contribution in [3.8, 4) is 0 Å². The molecule has 4 aromatic rings. The molecule has 7 heteroatoms. The van der Waals surface area contributed by atoms with E-state index >= 15 is 0 Å². The van der Waals surface area contributed by atoms with E-state index in [1.54, 1.807) is 30.5 Å². The third-order valence-corrected chi connectivity index (χ3v) is 6.05. The largest absolute Gasteiger partial charge is 0.361 e. The molecule has 1 amide bonds. The van der Waals surface area contributed by atoms with Crippen molar-refractivity contribution in [1.29, 1.82) is 0 Å². The number of rotatable bonds is 4. The van der Waals surface area contributed by atoms with E-state index in [9.17, 15) is 13.2 Å². The number of amides is 1. The average Bonchev–Trinajstić information content (AvgIpc) is 3.32. The normalized spacial score (nSPS) is 11.6. The summed E-state index contributed by atoms with van der Waals surface area (Å²) in [7, 11) is -3.78. The molecule has 0 saturated carbocycles. The number of nitrogens with zero attached hydrogens (tertiary/aromatic N) is 1. The second kappa shape index (κ2) is 6.44. The van der Waals surface area contributed by atoms with Gasteiger partial charge in [0.25, 0.3) is 15.9 Å². The Kier molecular flexibility index (Phi) is 4.08. The van der Waals surface area contributed by atoms with Crippen molar-refractivity contribution in [3.63, 3.8) is 0 Å². The number of carbonyl (C=O) groups is 1. The van der Waals surface area contributed by atoms with Gasteiger partial charge >= 0.3 is 0 Å². The molecule has 0 radical (unpaired) electrons. The predicted octanol–water partition coefficient (Wildman–Crippen LogP) is 3.77. The van der Waals surface area contributed by atoms with Gasteiger partial charge in [0, 0.05) is 35.2 Å². The first-order valence-corrected chi connectivity index (χ1v) is 9.77. The standard InChI is InChI=1S/C20H17N3O3S/c1-14-4-2-3-5-18(14)22-20(24)16-9-11-23(13-16)27(25,26)17-6-7-19-15(12-17)8-10-21-19/h2-13,21H,1H3,(H,22,24). The maximum Gasteiger partial charge on any atom is 0.267 e. The van der Waals surface area contributed by atoms with Crippen LogP contribution in [0.4, 0.5) is 5.69 Å². The molecule has 0 aliphatic heterocycles. The van der Waals surface area contributed by atoms with Crippen LogP contribution in [0.3, 0.4) is 0 Å². The first kappa shape index (κ1) is 17.1. The Morgan fingerprint density at radius 2 is 1.89 bits per heavy atom. The maximum absolute atomic E-state index is 12.9. The van der Waals surface area contributed by atoms with Crippen molar-refractivity contribution in [1.82, 2.24) is 8.96 Å². The minimum atomic E-state index is -3.78. The molecule has 4 rings (SSSR count). The van der Waals surface area contributed by atoms with Crippen molar-refractivity contribution in [3.05, 3.63) is 84.3 Å². The highest BCUT2D eigenvalue weighted by atomic mass is 32.2. The first-order valence-electron chi connectivity index (χ1n) is 8.33. The number of para-hydroxylation sites is 1. The number of benzene rings is 2. The van der Waals surface area contributed by atoms with Crippen LogP contribution in [-0.2, 0) is 10.0 Å². The molecule has 2 aromatic heterocycles. The molecule has 0 fully saturated rings. The van der Waals surface area contributed by atoms with Gasteiger partial charge in [0.1, 0.15) is 0 Å². The summed E-state index contributed by atoms with van der Waals surface area (Å²) in [5.74, 6) is -0.362. The fraction of sp³-hybridized carbons (Fsp3) is 0.0500. The van der Waals surface area contributed by atoms with Crippen LogP contribution in [0.15, 0.2) is 78.1 Å². The number of fused-ring (bicyclic) bond motifs is 1. The third-order valence-electron chi connectivity index (χ3n) is 4.42. The van der Waals surface area contributed by atoms with Gasteiger partial charge in [-0.25, -0.2) is 12.4 Å². The topological polar surface area (TPSA) is 84.0 Å². The molecule has 0 spiro atoms. The van der Waals surface area contributed by atoms with E-state index < -0.39 is 10.0 Å². The summed E-state index contributed by atoms with van der Waals surface area (Å²) in [6, 6.07) is 15.6. The number of hydrogen-bond acceptors (Lipinski definition) is 3. The number of anilines is 1. The van der Waals surface area contributed by atoms with E-state index in [1.165, 1.54) is 18.5 Å². The summed E-state index contributed by atoms with van der Waals surface area (Å²) < 4.78 is 26.8. The lowest BCUT2D eigenvalue weighted by atomic mass is 10.2. The van der Waals surface area contributed by atoms with E-state index in [0.717, 1.165) is 20.4 Å². The molecular formula is C20H17N3O3S. The quantitative estimate of drug-likeness (QED) is 0.566. The molecule has 27 heavy (non-hydrogen) atoms. The molecule has 6 nitrogen and oxygen atoms in total. The Hall–Kier alpha value is -3.32. The van der Waals surface area contributed by atoms with Gasteiger partial charge in [0.15, 0.2) is 0 Å². The summed E-state index contributed by atoms with van der Waals surface area (Å²) in [6.07, 6.45) is 4.46. The molecule has 2 aromatic carbocycles.